The Balaban J connectivity index is 0.000000142. The zero-order valence-corrected chi connectivity index (χ0v) is 21.7. The first-order valence-electron chi connectivity index (χ1n) is 12.6. The van der Waals surface area contributed by atoms with E-state index in [0.29, 0.717) is 5.92 Å². The summed E-state index contributed by atoms with van der Waals surface area (Å²) in [5, 5.41) is 0. The Morgan fingerprint density at radius 3 is 1.26 bits per heavy atom. The van der Waals surface area contributed by atoms with Gasteiger partial charge in [0.2, 0.25) is 0 Å². The summed E-state index contributed by atoms with van der Waals surface area (Å²) in [7, 11) is 0. The molecule has 2 aliphatic carbocycles. The molecule has 6 rings (SSSR count). The molecule has 0 bridgehead atoms. The summed E-state index contributed by atoms with van der Waals surface area (Å²) in [5.41, 5.74) is 17.3. The highest BCUT2D eigenvalue weighted by atomic mass is 14.4. The molecule has 2 aliphatic rings. The molecule has 0 fully saturated rings. The van der Waals surface area contributed by atoms with Crippen LogP contribution in [0.3, 0.4) is 0 Å². The van der Waals surface area contributed by atoms with Gasteiger partial charge in [-0.05, 0) is 78.6 Å². The second kappa shape index (κ2) is 8.27. The number of hydrogen-bond acceptors (Lipinski definition) is 0. The molecule has 0 unspecified atom stereocenters. The van der Waals surface area contributed by atoms with Crippen molar-refractivity contribution in [3.63, 3.8) is 0 Å². The fraction of sp³-hybridized carbons (Fsp3) is 0.294. The van der Waals surface area contributed by atoms with E-state index in [1.54, 1.807) is 0 Å². The van der Waals surface area contributed by atoms with E-state index in [0.717, 1.165) is 0 Å². The maximum absolute atomic E-state index is 2.36. The molecule has 0 saturated carbocycles. The molecule has 0 atom stereocenters. The third-order valence-corrected chi connectivity index (χ3v) is 7.85. The van der Waals surface area contributed by atoms with Gasteiger partial charge in [-0.1, -0.05) is 116 Å². The molecule has 0 aromatic heterocycles. The van der Waals surface area contributed by atoms with Crippen LogP contribution in [0.25, 0.3) is 22.3 Å². The van der Waals surface area contributed by atoms with E-state index in [1.807, 2.05) is 0 Å². The second-order valence-electron chi connectivity index (χ2n) is 10.9. The molecule has 0 radical (unpaired) electrons. The highest BCUT2D eigenvalue weighted by molar-refractivity contribution is 5.81. The number of hydrogen-bond donors (Lipinski definition) is 0. The zero-order chi connectivity index (χ0) is 24.2. The van der Waals surface area contributed by atoms with Crippen molar-refractivity contribution >= 4 is 0 Å². The molecule has 0 amide bonds. The van der Waals surface area contributed by atoms with E-state index < -0.39 is 0 Å². The summed E-state index contributed by atoms with van der Waals surface area (Å²) < 4.78 is 0. The Labute approximate surface area is 205 Å². The zero-order valence-electron chi connectivity index (χ0n) is 21.7. The lowest BCUT2D eigenvalue weighted by Gasteiger charge is -2.22. The number of aryl methyl sites for hydroxylation is 4. The van der Waals surface area contributed by atoms with E-state index in [2.05, 4.69) is 121 Å². The monoisotopic (exact) mass is 444 g/mol. The van der Waals surface area contributed by atoms with Crippen LogP contribution < -0.4 is 0 Å². The van der Waals surface area contributed by atoms with E-state index in [1.165, 1.54) is 73.2 Å². The summed E-state index contributed by atoms with van der Waals surface area (Å²) in [6.07, 6.45) is 1.19. The van der Waals surface area contributed by atoms with Crippen LogP contribution in [0.4, 0.5) is 0 Å². The van der Waals surface area contributed by atoms with E-state index in [4.69, 9.17) is 0 Å². The van der Waals surface area contributed by atoms with Gasteiger partial charge in [-0.15, -0.1) is 0 Å². The highest BCUT2D eigenvalue weighted by Crippen LogP contribution is 2.49. The molecule has 0 aliphatic heterocycles. The van der Waals surface area contributed by atoms with Crippen molar-refractivity contribution in [3.05, 3.63) is 117 Å². The SMILES string of the molecule is CCC1c2cc(C)ccc2-c2ccc(C)cc21.Cc1ccc2c(c1)C(C)(C)c1cc(C)ccc1-2. The lowest BCUT2D eigenvalue weighted by molar-refractivity contribution is 0.659. The minimum absolute atomic E-state index is 0.142. The summed E-state index contributed by atoms with van der Waals surface area (Å²) in [5.74, 6) is 0.597. The third kappa shape index (κ3) is 3.61. The van der Waals surface area contributed by atoms with E-state index >= 15 is 0 Å². The molecule has 0 saturated heterocycles. The number of benzene rings is 4. The van der Waals surface area contributed by atoms with Gasteiger partial charge in [0.25, 0.3) is 0 Å². The summed E-state index contributed by atoms with van der Waals surface area (Å²) in [6.45, 7) is 15.7. The van der Waals surface area contributed by atoms with Crippen molar-refractivity contribution in [1.82, 2.24) is 0 Å². The van der Waals surface area contributed by atoms with Gasteiger partial charge in [0.1, 0.15) is 0 Å². The smallest absolute Gasteiger partial charge is 0.0159 e. The largest absolute Gasteiger partial charge is 0.0645 e. The van der Waals surface area contributed by atoms with Gasteiger partial charge in [0, 0.05) is 11.3 Å². The second-order valence-corrected chi connectivity index (χ2v) is 10.9. The minimum Gasteiger partial charge on any atom is -0.0645 e. The highest BCUT2D eigenvalue weighted by Gasteiger charge is 2.35. The summed E-state index contributed by atoms with van der Waals surface area (Å²) in [6, 6.07) is 27.4. The van der Waals surface area contributed by atoms with Gasteiger partial charge < -0.3 is 0 Å². The Morgan fingerprint density at radius 2 is 0.882 bits per heavy atom. The molecule has 172 valence electrons. The fourth-order valence-corrected chi connectivity index (χ4v) is 6.00. The van der Waals surface area contributed by atoms with Crippen molar-refractivity contribution in [2.24, 2.45) is 0 Å². The van der Waals surface area contributed by atoms with Crippen molar-refractivity contribution in [3.8, 4) is 22.3 Å². The van der Waals surface area contributed by atoms with Crippen LogP contribution in [0.2, 0.25) is 0 Å². The van der Waals surface area contributed by atoms with Crippen molar-refractivity contribution in [2.75, 3.05) is 0 Å². The molecule has 0 N–H and O–H groups in total. The normalized spacial score (nSPS) is 14.6. The predicted molar refractivity (Wildman–Crippen MR) is 147 cm³/mol. The maximum atomic E-state index is 2.36. The molecule has 0 heteroatoms. The summed E-state index contributed by atoms with van der Waals surface area (Å²) >= 11 is 0. The van der Waals surface area contributed by atoms with Crippen LogP contribution in [0.15, 0.2) is 72.8 Å². The van der Waals surface area contributed by atoms with Crippen molar-refractivity contribution < 1.29 is 0 Å². The van der Waals surface area contributed by atoms with Gasteiger partial charge in [0.15, 0.2) is 0 Å². The average Bonchev–Trinajstić information content (AvgIpc) is 3.21. The topological polar surface area (TPSA) is 0 Å². The Morgan fingerprint density at radius 1 is 0.529 bits per heavy atom. The molecular weight excluding hydrogens is 408 g/mol. The summed E-state index contributed by atoms with van der Waals surface area (Å²) in [4.78, 5) is 0. The third-order valence-electron chi connectivity index (χ3n) is 7.85. The molecule has 0 spiro atoms. The molecular formula is C34H36. The van der Waals surface area contributed by atoms with E-state index in [9.17, 15) is 0 Å². The lowest BCUT2D eigenvalue weighted by atomic mass is 9.81. The van der Waals surface area contributed by atoms with Crippen LogP contribution in [0.5, 0.6) is 0 Å². The van der Waals surface area contributed by atoms with Gasteiger partial charge in [-0.25, -0.2) is 0 Å². The molecule has 0 heterocycles. The van der Waals surface area contributed by atoms with Crippen LogP contribution in [0.1, 0.15) is 77.6 Å². The van der Waals surface area contributed by atoms with Crippen molar-refractivity contribution in [1.29, 1.82) is 0 Å². The average molecular weight is 445 g/mol. The van der Waals surface area contributed by atoms with Gasteiger partial charge >= 0.3 is 0 Å². The number of fused-ring (bicyclic) bond motifs is 6. The predicted octanol–water partition coefficient (Wildman–Crippen LogP) is 9.44. The van der Waals surface area contributed by atoms with Crippen LogP contribution in [-0.2, 0) is 5.41 Å². The Kier molecular flexibility index (Phi) is 5.52. The Bertz CT molecular complexity index is 1290. The standard InChI is InChI=1S/2C17H18/c1-11-5-7-13-14-8-6-12(2)10-16(14)17(3,4)15(13)9-11;1-4-13-16-9-11(2)5-7-14(16)15-8-6-12(3)10-17(13)15/h5-10H,1-4H3;5-10,13H,4H2,1-3H3. The van der Waals surface area contributed by atoms with Gasteiger partial charge in [-0.2, -0.15) is 0 Å². The minimum atomic E-state index is 0.142. The fourth-order valence-electron chi connectivity index (χ4n) is 6.00. The van der Waals surface area contributed by atoms with Crippen LogP contribution >= 0.6 is 0 Å². The van der Waals surface area contributed by atoms with Crippen LogP contribution in [0, 0.1) is 27.7 Å². The van der Waals surface area contributed by atoms with Crippen molar-refractivity contribution in [2.45, 2.75) is 66.2 Å². The first-order chi connectivity index (χ1) is 16.2. The molecule has 4 aromatic rings. The van der Waals surface area contributed by atoms with Gasteiger partial charge in [0.05, 0.1) is 0 Å². The maximum Gasteiger partial charge on any atom is 0.0159 e. The quantitative estimate of drug-likeness (QED) is 0.274. The Hall–Kier alpha value is -3.12. The van der Waals surface area contributed by atoms with Crippen LogP contribution in [-0.4, -0.2) is 0 Å². The first kappa shape index (κ1) is 22.7. The first-order valence-corrected chi connectivity index (χ1v) is 12.6. The lowest BCUT2D eigenvalue weighted by Crippen LogP contribution is -2.15. The molecule has 34 heavy (non-hydrogen) atoms. The molecule has 0 nitrogen and oxygen atoms in total. The molecule has 4 aromatic carbocycles. The number of rotatable bonds is 1. The van der Waals surface area contributed by atoms with Gasteiger partial charge in [-0.3, -0.25) is 0 Å². The van der Waals surface area contributed by atoms with E-state index in [-0.39, 0.29) is 5.41 Å².